The number of hydrogen-bond acceptors (Lipinski definition) is 4. The molecule has 1 heterocycles. The molecule has 0 unspecified atom stereocenters. The standard InChI is InChI=1S/C15H18N2O4S/c1-9(2)17(6-5-14(19)20)15(21)10-3-4-12-11(7-10)16-13(18)8-22-12/h3-4,7,9H,5-6,8H2,1-2H3,(H,16,18)(H,19,20). The Morgan fingerprint density at radius 1 is 1.41 bits per heavy atom. The van der Waals surface area contributed by atoms with E-state index in [-0.39, 0.29) is 30.8 Å². The van der Waals surface area contributed by atoms with E-state index >= 15 is 0 Å². The first kappa shape index (κ1) is 16.4. The molecule has 0 radical (unpaired) electrons. The number of thioether (sulfide) groups is 1. The van der Waals surface area contributed by atoms with Gasteiger partial charge in [-0.25, -0.2) is 0 Å². The number of hydrogen-bond donors (Lipinski definition) is 2. The van der Waals surface area contributed by atoms with Crippen LogP contribution < -0.4 is 5.32 Å². The predicted molar refractivity (Wildman–Crippen MR) is 84.2 cm³/mol. The molecular weight excluding hydrogens is 304 g/mol. The van der Waals surface area contributed by atoms with Crippen LogP contribution in [0.15, 0.2) is 23.1 Å². The molecule has 0 aliphatic carbocycles. The Kier molecular flexibility index (Phi) is 5.07. The molecule has 118 valence electrons. The topological polar surface area (TPSA) is 86.7 Å². The van der Waals surface area contributed by atoms with Gasteiger partial charge in [0.1, 0.15) is 0 Å². The van der Waals surface area contributed by atoms with E-state index < -0.39 is 5.97 Å². The summed E-state index contributed by atoms with van der Waals surface area (Å²) in [5.41, 5.74) is 1.08. The number of amides is 2. The van der Waals surface area contributed by atoms with Crippen LogP contribution in [0.3, 0.4) is 0 Å². The largest absolute Gasteiger partial charge is 0.481 e. The monoisotopic (exact) mass is 322 g/mol. The molecule has 1 aliphatic heterocycles. The van der Waals surface area contributed by atoms with Crippen LogP contribution in [-0.4, -0.2) is 46.1 Å². The third-order valence-corrected chi connectivity index (χ3v) is 4.38. The fourth-order valence-electron chi connectivity index (χ4n) is 2.19. The van der Waals surface area contributed by atoms with Crippen LogP contribution in [-0.2, 0) is 9.59 Å². The number of aliphatic carboxylic acids is 1. The number of carboxylic acid groups (broad SMARTS) is 1. The molecule has 1 aliphatic rings. The van der Waals surface area contributed by atoms with Gasteiger partial charge in [-0.05, 0) is 32.0 Å². The molecule has 0 saturated carbocycles. The summed E-state index contributed by atoms with van der Waals surface area (Å²) in [5, 5.41) is 11.5. The van der Waals surface area contributed by atoms with Crippen molar-refractivity contribution in [3.8, 4) is 0 Å². The maximum absolute atomic E-state index is 12.6. The Morgan fingerprint density at radius 2 is 2.14 bits per heavy atom. The summed E-state index contributed by atoms with van der Waals surface area (Å²) >= 11 is 1.43. The number of carbonyl (C=O) groups is 3. The van der Waals surface area contributed by atoms with Crippen molar-refractivity contribution in [3.05, 3.63) is 23.8 Å². The third kappa shape index (κ3) is 3.79. The molecule has 2 rings (SSSR count). The van der Waals surface area contributed by atoms with Gasteiger partial charge in [0, 0.05) is 23.0 Å². The zero-order chi connectivity index (χ0) is 16.3. The minimum absolute atomic E-state index is 0.0892. The molecule has 2 N–H and O–H groups in total. The highest BCUT2D eigenvalue weighted by molar-refractivity contribution is 8.00. The summed E-state index contributed by atoms with van der Waals surface area (Å²) < 4.78 is 0. The van der Waals surface area contributed by atoms with E-state index in [4.69, 9.17) is 5.11 Å². The Labute approximate surface area is 132 Å². The van der Waals surface area contributed by atoms with Crippen LogP contribution in [0.1, 0.15) is 30.6 Å². The molecule has 0 spiro atoms. The number of rotatable bonds is 5. The lowest BCUT2D eigenvalue weighted by Gasteiger charge is -2.27. The van der Waals surface area contributed by atoms with Crippen LogP contribution in [0.25, 0.3) is 0 Å². The van der Waals surface area contributed by atoms with Gasteiger partial charge in [0.15, 0.2) is 0 Å². The maximum Gasteiger partial charge on any atom is 0.305 e. The van der Waals surface area contributed by atoms with Gasteiger partial charge in [0.2, 0.25) is 5.91 Å². The molecule has 1 aromatic carbocycles. The average Bonchev–Trinajstić information content (AvgIpc) is 2.45. The van der Waals surface area contributed by atoms with Gasteiger partial charge in [-0.15, -0.1) is 11.8 Å². The van der Waals surface area contributed by atoms with Gasteiger partial charge in [0.25, 0.3) is 5.91 Å². The van der Waals surface area contributed by atoms with E-state index in [0.29, 0.717) is 17.0 Å². The zero-order valence-corrected chi connectivity index (χ0v) is 13.3. The second-order valence-electron chi connectivity index (χ2n) is 5.28. The number of anilines is 1. The SMILES string of the molecule is CC(C)N(CCC(=O)O)C(=O)c1ccc2c(c1)NC(=O)CS2. The van der Waals surface area contributed by atoms with Crippen LogP contribution in [0.4, 0.5) is 5.69 Å². The number of nitrogens with zero attached hydrogens (tertiary/aromatic N) is 1. The van der Waals surface area contributed by atoms with Crippen molar-refractivity contribution in [2.24, 2.45) is 0 Å². The number of benzene rings is 1. The number of fused-ring (bicyclic) bond motifs is 1. The average molecular weight is 322 g/mol. The van der Waals surface area contributed by atoms with Gasteiger partial charge < -0.3 is 15.3 Å². The van der Waals surface area contributed by atoms with E-state index in [1.807, 2.05) is 19.9 Å². The van der Waals surface area contributed by atoms with Crippen LogP contribution in [0.5, 0.6) is 0 Å². The molecule has 1 aromatic rings. The molecule has 0 atom stereocenters. The fourth-order valence-corrected chi connectivity index (χ4v) is 2.98. The Balaban J connectivity index is 2.21. The van der Waals surface area contributed by atoms with Crippen molar-refractivity contribution in [1.82, 2.24) is 4.90 Å². The lowest BCUT2D eigenvalue weighted by atomic mass is 10.1. The molecule has 6 nitrogen and oxygen atoms in total. The quantitative estimate of drug-likeness (QED) is 0.866. The predicted octanol–water partition coefficient (Wildman–Crippen LogP) is 2.06. The van der Waals surface area contributed by atoms with E-state index in [9.17, 15) is 14.4 Å². The first-order valence-corrected chi connectivity index (χ1v) is 7.96. The molecule has 0 saturated heterocycles. The second-order valence-corrected chi connectivity index (χ2v) is 6.30. The highest BCUT2D eigenvalue weighted by Gasteiger charge is 2.22. The molecule has 2 amide bonds. The summed E-state index contributed by atoms with van der Waals surface area (Å²) in [7, 11) is 0. The smallest absolute Gasteiger partial charge is 0.305 e. The van der Waals surface area contributed by atoms with Crippen molar-refractivity contribution in [3.63, 3.8) is 0 Å². The van der Waals surface area contributed by atoms with Gasteiger partial charge in [-0.3, -0.25) is 14.4 Å². The normalized spacial score (nSPS) is 13.5. The summed E-state index contributed by atoms with van der Waals surface area (Å²) in [6.45, 7) is 3.84. The molecular formula is C15H18N2O4S. The Bertz CT molecular complexity index is 616. The minimum atomic E-state index is -0.937. The van der Waals surface area contributed by atoms with Crippen LogP contribution in [0.2, 0.25) is 0 Å². The van der Waals surface area contributed by atoms with E-state index in [1.165, 1.54) is 16.7 Å². The Hall–Kier alpha value is -2.02. The maximum atomic E-state index is 12.6. The van der Waals surface area contributed by atoms with Gasteiger partial charge in [0.05, 0.1) is 17.9 Å². The second kappa shape index (κ2) is 6.83. The lowest BCUT2D eigenvalue weighted by molar-refractivity contribution is -0.137. The van der Waals surface area contributed by atoms with Crippen molar-refractivity contribution in [2.75, 3.05) is 17.6 Å². The molecule has 7 heteroatoms. The summed E-state index contributed by atoms with van der Waals surface area (Å²) in [6, 6.07) is 5.06. The Morgan fingerprint density at radius 3 is 2.77 bits per heavy atom. The molecule has 0 fully saturated rings. The van der Waals surface area contributed by atoms with Crippen molar-refractivity contribution >= 4 is 35.2 Å². The van der Waals surface area contributed by atoms with Crippen molar-refractivity contribution < 1.29 is 19.5 Å². The summed E-state index contributed by atoms with van der Waals surface area (Å²) in [4.78, 5) is 37.2. The lowest BCUT2D eigenvalue weighted by Crippen LogP contribution is -2.38. The van der Waals surface area contributed by atoms with Crippen molar-refractivity contribution in [1.29, 1.82) is 0 Å². The molecule has 22 heavy (non-hydrogen) atoms. The van der Waals surface area contributed by atoms with E-state index in [1.54, 1.807) is 12.1 Å². The first-order chi connectivity index (χ1) is 10.4. The van der Waals surface area contributed by atoms with Gasteiger partial charge in [-0.1, -0.05) is 0 Å². The van der Waals surface area contributed by atoms with Gasteiger partial charge in [-0.2, -0.15) is 0 Å². The molecule has 0 aromatic heterocycles. The van der Waals surface area contributed by atoms with E-state index in [2.05, 4.69) is 5.32 Å². The third-order valence-electron chi connectivity index (χ3n) is 3.31. The summed E-state index contributed by atoms with van der Waals surface area (Å²) in [5.74, 6) is -0.887. The number of carboxylic acids is 1. The molecule has 0 bridgehead atoms. The number of nitrogens with one attached hydrogen (secondary N) is 1. The van der Waals surface area contributed by atoms with Crippen LogP contribution in [0, 0.1) is 0 Å². The minimum Gasteiger partial charge on any atom is -0.481 e. The number of carbonyl (C=O) groups excluding carboxylic acids is 2. The zero-order valence-electron chi connectivity index (χ0n) is 12.5. The first-order valence-electron chi connectivity index (χ1n) is 6.98. The van der Waals surface area contributed by atoms with Crippen molar-refractivity contribution in [2.45, 2.75) is 31.2 Å². The highest BCUT2D eigenvalue weighted by Crippen LogP contribution is 2.32. The van der Waals surface area contributed by atoms with E-state index in [0.717, 1.165) is 4.90 Å². The fraction of sp³-hybridized carbons (Fsp3) is 0.400. The summed E-state index contributed by atoms with van der Waals surface area (Å²) in [6.07, 6.45) is -0.0958. The van der Waals surface area contributed by atoms with Gasteiger partial charge >= 0.3 is 5.97 Å². The highest BCUT2D eigenvalue weighted by atomic mass is 32.2. The van der Waals surface area contributed by atoms with Crippen LogP contribution >= 0.6 is 11.8 Å².